The van der Waals surface area contributed by atoms with Crippen LogP contribution in [-0.2, 0) is 14.8 Å². The number of ether oxygens (including phenoxy) is 1. The van der Waals surface area contributed by atoms with E-state index in [-0.39, 0.29) is 22.1 Å². The Morgan fingerprint density at radius 2 is 1.73 bits per heavy atom. The zero-order valence-electron chi connectivity index (χ0n) is 18.4. The Bertz CT molecular complexity index is 1120. The van der Waals surface area contributed by atoms with Gasteiger partial charge in [0.25, 0.3) is 21.8 Å². The largest absolute Gasteiger partial charge is 0.495 e. The average molecular weight is 478 g/mol. The zero-order valence-corrected chi connectivity index (χ0v) is 19.2. The third-order valence-corrected chi connectivity index (χ3v) is 5.76. The van der Waals surface area contributed by atoms with Gasteiger partial charge in [0.15, 0.2) is 0 Å². The summed E-state index contributed by atoms with van der Waals surface area (Å²) >= 11 is 0. The SMILES string of the molecule is COc1ccccc1NS(=O)(=O)c1cccc(C(=O)NNC(=O)[C@H](CC(C)C)NC(N)=O)c1. The first kappa shape index (κ1) is 25.5. The van der Waals surface area contributed by atoms with Crippen LogP contribution in [0.2, 0.25) is 0 Å². The predicted molar refractivity (Wildman–Crippen MR) is 122 cm³/mol. The molecule has 0 aliphatic heterocycles. The summed E-state index contributed by atoms with van der Waals surface area (Å²) in [6.45, 7) is 3.71. The number of amides is 4. The van der Waals surface area contributed by atoms with Gasteiger partial charge in [0.2, 0.25) is 0 Å². The van der Waals surface area contributed by atoms with Crippen molar-refractivity contribution >= 4 is 33.6 Å². The van der Waals surface area contributed by atoms with Crippen LogP contribution >= 0.6 is 0 Å². The fourth-order valence-electron chi connectivity index (χ4n) is 2.89. The number of hydrogen-bond acceptors (Lipinski definition) is 6. The van der Waals surface area contributed by atoms with Crippen molar-refractivity contribution in [3.05, 3.63) is 54.1 Å². The predicted octanol–water partition coefficient (Wildman–Crippen LogP) is 1.34. The number of urea groups is 1. The highest BCUT2D eigenvalue weighted by molar-refractivity contribution is 7.92. The standard InChI is InChI=1S/C21H27N5O6S/c1-13(2)11-17(23-21(22)29)20(28)25-24-19(27)14-7-6-8-15(12-14)33(30,31)26-16-9-4-5-10-18(16)32-3/h4-10,12-13,17,26H,11H2,1-3H3,(H,24,27)(H,25,28)(H3,22,23,29)/t17-/m0/s1. The van der Waals surface area contributed by atoms with Gasteiger partial charge in [-0.1, -0.05) is 32.0 Å². The topological polar surface area (TPSA) is 169 Å². The summed E-state index contributed by atoms with van der Waals surface area (Å²) in [4.78, 5) is 35.8. The van der Waals surface area contributed by atoms with E-state index >= 15 is 0 Å². The summed E-state index contributed by atoms with van der Waals surface area (Å²) in [6, 6.07) is 9.92. The molecule has 178 valence electrons. The molecule has 0 aromatic heterocycles. The lowest BCUT2D eigenvalue weighted by molar-refractivity contribution is -0.124. The van der Waals surface area contributed by atoms with Crippen LogP contribution in [0.3, 0.4) is 0 Å². The molecule has 0 saturated carbocycles. The molecule has 12 heteroatoms. The van der Waals surface area contributed by atoms with Crippen LogP contribution < -0.4 is 31.4 Å². The summed E-state index contributed by atoms with van der Waals surface area (Å²) in [5.74, 6) is -1.02. The molecule has 2 aromatic rings. The van der Waals surface area contributed by atoms with Gasteiger partial charge in [0, 0.05) is 5.56 Å². The molecule has 0 heterocycles. The summed E-state index contributed by atoms with van der Waals surface area (Å²) in [5, 5.41) is 2.31. The molecule has 2 rings (SSSR count). The average Bonchev–Trinajstić information content (AvgIpc) is 2.76. The van der Waals surface area contributed by atoms with E-state index in [0.29, 0.717) is 12.2 Å². The molecular formula is C21H27N5O6S. The highest BCUT2D eigenvalue weighted by Crippen LogP contribution is 2.26. The Morgan fingerprint density at radius 3 is 2.36 bits per heavy atom. The third-order valence-electron chi connectivity index (χ3n) is 4.40. The van der Waals surface area contributed by atoms with Gasteiger partial charge in [-0.3, -0.25) is 25.2 Å². The Hall–Kier alpha value is -3.80. The van der Waals surface area contributed by atoms with E-state index < -0.39 is 33.9 Å². The minimum atomic E-state index is -4.03. The summed E-state index contributed by atoms with van der Waals surface area (Å²) in [5.41, 5.74) is 9.74. The van der Waals surface area contributed by atoms with Crippen LogP contribution in [0.1, 0.15) is 30.6 Å². The molecule has 0 aliphatic carbocycles. The lowest BCUT2D eigenvalue weighted by Crippen LogP contribution is -2.53. The number of hydrazine groups is 1. The molecule has 33 heavy (non-hydrogen) atoms. The third kappa shape index (κ3) is 7.38. The minimum Gasteiger partial charge on any atom is -0.495 e. The van der Waals surface area contributed by atoms with E-state index in [1.807, 2.05) is 13.8 Å². The number of hydrogen-bond donors (Lipinski definition) is 5. The van der Waals surface area contributed by atoms with Crippen molar-refractivity contribution in [3.63, 3.8) is 0 Å². The highest BCUT2D eigenvalue weighted by atomic mass is 32.2. The first-order valence-electron chi connectivity index (χ1n) is 9.95. The van der Waals surface area contributed by atoms with Crippen LogP contribution in [0, 0.1) is 5.92 Å². The quantitative estimate of drug-likeness (QED) is 0.341. The number of methoxy groups -OCH3 is 1. The number of para-hydroxylation sites is 2. The lowest BCUT2D eigenvalue weighted by Gasteiger charge is -2.19. The molecule has 0 spiro atoms. The second-order valence-electron chi connectivity index (χ2n) is 7.47. The van der Waals surface area contributed by atoms with Crippen molar-refractivity contribution in [2.45, 2.75) is 31.2 Å². The Kier molecular flexibility index (Phi) is 8.63. The number of carbonyl (C=O) groups is 3. The van der Waals surface area contributed by atoms with Gasteiger partial charge in [-0.2, -0.15) is 0 Å². The molecule has 0 aliphatic rings. The van der Waals surface area contributed by atoms with Gasteiger partial charge >= 0.3 is 6.03 Å². The van der Waals surface area contributed by atoms with Gasteiger partial charge in [-0.25, -0.2) is 13.2 Å². The summed E-state index contributed by atoms with van der Waals surface area (Å²) < 4.78 is 33.1. The van der Waals surface area contributed by atoms with Crippen LogP contribution in [0.5, 0.6) is 5.75 Å². The second kappa shape index (κ2) is 11.2. The molecule has 1 atom stereocenters. The molecule has 0 fully saturated rings. The molecular weight excluding hydrogens is 450 g/mol. The van der Waals surface area contributed by atoms with E-state index in [1.54, 1.807) is 18.2 Å². The van der Waals surface area contributed by atoms with Gasteiger partial charge < -0.3 is 15.8 Å². The first-order valence-corrected chi connectivity index (χ1v) is 11.4. The van der Waals surface area contributed by atoms with E-state index in [2.05, 4.69) is 20.9 Å². The number of benzene rings is 2. The van der Waals surface area contributed by atoms with E-state index in [4.69, 9.17) is 10.5 Å². The van der Waals surface area contributed by atoms with Gasteiger partial charge in [-0.05, 0) is 42.7 Å². The van der Waals surface area contributed by atoms with Gasteiger partial charge in [0.1, 0.15) is 11.8 Å². The van der Waals surface area contributed by atoms with E-state index in [9.17, 15) is 22.8 Å². The number of carbonyl (C=O) groups excluding carboxylic acids is 3. The van der Waals surface area contributed by atoms with E-state index in [0.717, 1.165) is 6.07 Å². The Balaban J connectivity index is 2.12. The molecule has 0 bridgehead atoms. The van der Waals surface area contributed by atoms with Crippen molar-refractivity contribution < 1.29 is 27.5 Å². The molecule has 0 saturated heterocycles. The van der Waals surface area contributed by atoms with Crippen LogP contribution in [0.25, 0.3) is 0 Å². The van der Waals surface area contributed by atoms with Crippen LogP contribution in [-0.4, -0.2) is 39.4 Å². The first-order chi connectivity index (χ1) is 15.5. The van der Waals surface area contributed by atoms with E-state index in [1.165, 1.54) is 31.4 Å². The summed E-state index contributed by atoms with van der Waals surface area (Å²) in [7, 11) is -2.62. The normalized spacial score (nSPS) is 11.9. The number of nitrogens with two attached hydrogens (primary N) is 1. The maximum atomic E-state index is 12.8. The summed E-state index contributed by atoms with van der Waals surface area (Å²) in [6.07, 6.45) is 0.299. The number of primary amides is 1. The molecule has 11 nitrogen and oxygen atoms in total. The van der Waals surface area contributed by atoms with Crippen LogP contribution in [0.4, 0.5) is 10.5 Å². The van der Waals surface area contributed by atoms with Crippen molar-refractivity contribution in [1.82, 2.24) is 16.2 Å². The fourth-order valence-corrected chi connectivity index (χ4v) is 4.01. The van der Waals surface area contributed by atoms with Crippen LogP contribution in [0.15, 0.2) is 53.4 Å². The van der Waals surface area contributed by atoms with Crippen molar-refractivity contribution in [3.8, 4) is 5.75 Å². The number of sulfonamides is 1. The number of anilines is 1. The zero-order chi connectivity index (χ0) is 24.6. The second-order valence-corrected chi connectivity index (χ2v) is 9.15. The maximum Gasteiger partial charge on any atom is 0.312 e. The van der Waals surface area contributed by atoms with Crippen molar-refractivity contribution in [1.29, 1.82) is 0 Å². The highest BCUT2D eigenvalue weighted by Gasteiger charge is 2.22. The molecule has 0 radical (unpaired) electrons. The van der Waals surface area contributed by atoms with Gasteiger partial charge in [0.05, 0.1) is 17.7 Å². The van der Waals surface area contributed by atoms with Crippen molar-refractivity contribution in [2.75, 3.05) is 11.8 Å². The van der Waals surface area contributed by atoms with Crippen molar-refractivity contribution in [2.24, 2.45) is 11.7 Å². The minimum absolute atomic E-state index is 0.0125. The Labute approximate surface area is 192 Å². The molecule has 4 amide bonds. The monoisotopic (exact) mass is 477 g/mol. The molecule has 6 N–H and O–H groups in total. The van der Waals surface area contributed by atoms with Gasteiger partial charge in [-0.15, -0.1) is 0 Å². The Morgan fingerprint density at radius 1 is 1.03 bits per heavy atom. The lowest BCUT2D eigenvalue weighted by atomic mass is 10.0. The smallest absolute Gasteiger partial charge is 0.312 e. The number of rotatable bonds is 9. The molecule has 2 aromatic carbocycles. The molecule has 0 unspecified atom stereocenters. The fraction of sp³-hybridized carbons (Fsp3) is 0.286. The maximum absolute atomic E-state index is 12.8. The number of nitrogens with one attached hydrogen (secondary N) is 4.